The van der Waals surface area contributed by atoms with Gasteiger partial charge in [0.15, 0.2) is 11.6 Å². The van der Waals surface area contributed by atoms with Gasteiger partial charge in [0.25, 0.3) is 0 Å². The number of amides is 2. The highest BCUT2D eigenvalue weighted by Gasteiger charge is 2.10. The Morgan fingerprint density at radius 3 is 2.62 bits per heavy atom. The minimum Gasteiger partial charge on any atom is -0.291 e. The van der Waals surface area contributed by atoms with Gasteiger partial charge in [-0.05, 0) is 17.7 Å². The molecule has 124 valence electrons. The van der Waals surface area contributed by atoms with E-state index in [0.29, 0.717) is 17.4 Å². The van der Waals surface area contributed by atoms with E-state index in [1.165, 1.54) is 16.8 Å². The average molecular weight is 349 g/mol. The number of aryl methyl sites for hydroxylation is 1. The van der Waals surface area contributed by atoms with Crippen molar-refractivity contribution in [3.63, 3.8) is 0 Å². The number of urea groups is 1. The van der Waals surface area contributed by atoms with E-state index in [0.717, 1.165) is 5.56 Å². The summed E-state index contributed by atoms with van der Waals surface area (Å²) < 4.78 is 16.0. The maximum Gasteiger partial charge on any atom is 0.326 e. The summed E-state index contributed by atoms with van der Waals surface area (Å²) in [5.74, 6) is 0.357. The lowest BCUT2D eigenvalue weighted by Gasteiger charge is -2.04. The van der Waals surface area contributed by atoms with E-state index in [9.17, 15) is 9.18 Å². The molecule has 0 saturated carbocycles. The zero-order chi connectivity index (χ0) is 17.1. The summed E-state index contributed by atoms with van der Waals surface area (Å²) in [6.07, 6.45) is 3.29. The van der Waals surface area contributed by atoms with Gasteiger partial charge in [-0.25, -0.2) is 9.18 Å². The van der Waals surface area contributed by atoms with Gasteiger partial charge in [-0.1, -0.05) is 23.7 Å². The van der Waals surface area contributed by atoms with Gasteiger partial charge in [-0.3, -0.25) is 20.0 Å². The molecule has 2 heterocycles. The molecule has 2 aromatic heterocycles. The average Bonchev–Trinajstić information content (AvgIpc) is 3.08. The van der Waals surface area contributed by atoms with E-state index in [2.05, 4.69) is 20.8 Å². The van der Waals surface area contributed by atoms with Crippen LogP contribution in [0, 0.1) is 5.82 Å². The lowest BCUT2D eigenvalue weighted by molar-refractivity contribution is 0.262. The van der Waals surface area contributed by atoms with Gasteiger partial charge < -0.3 is 0 Å². The fraction of sp³-hybridized carbons (Fsp3) is 0.133. The van der Waals surface area contributed by atoms with E-state index in [1.54, 1.807) is 42.3 Å². The monoisotopic (exact) mass is 348 g/mol. The Bertz CT molecular complexity index is 857. The number of nitrogens with one attached hydrogen (secondary N) is 2. The Morgan fingerprint density at radius 2 is 1.96 bits per heavy atom. The Morgan fingerprint density at radius 1 is 1.21 bits per heavy atom. The van der Waals surface area contributed by atoms with Gasteiger partial charge in [0, 0.05) is 25.5 Å². The minimum absolute atomic E-state index is 0.266. The van der Waals surface area contributed by atoms with Gasteiger partial charge in [0.05, 0.1) is 6.54 Å². The van der Waals surface area contributed by atoms with Crippen molar-refractivity contribution in [2.75, 3.05) is 10.6 Å². The zero-order valence-corrected chi connectivity index (χ0v) is 13.5. The Hall–Kier alpha value is -2.87. The summed E-state index contributed by atoms with van der Waals surface area (Å²) in [5.41, 5.74) is 0.899. The molecule has 2 N–H and O–H groups in total. The van der Waals surface area contributed by atoms with Crippen LogP contribution in [0.15, 0.2) is 42.7 Å². The number of hydrogen-bond acceptors (Lipinski definition) is 3. The second kappa shape index (κ2) is 6.71. The third kappa shape index (κ3) is 3.90. The van der Waals surface area contributed by atoms with Gasteiger partial charge in [0.2, 0.25) is 0 Å². The van der Waals surface area contributed by atoms with Crippen LogP contribution in [0.25, 0.3) is 0 Å². The highest BCUT2D eigenvalue weighted by atomic mass is 35.5. The third-order valence-corrected chi connectivity index (χ3v) is 3.43. The number of carbonyl (C=O) groups is 1. The largest absolute Gasteiger partial charge is 0.326 e. The summed E-state index contributed by atoms with van der Waals surface area (Å²) in [6.45, 7) is 0.468. The maximum absolute atomic E-state index is 12.9. The van der Waals surface area contributed by atoms with Crippen LogP contribution in [-0.4, -0.2) is 25.6 Å². The molecule has 0 aliphatic heterocycles. The molecular weight excluding hydrogens is 335 g/mol. The quantitative estimate of drug-likeness (QED) is 0.760. The SMILES string of the molecule is Cn1cc(Cl)c(NC(=O)Nc2ccn(Cc3ccc(F)cc3)n2)n1. The summed E-state index contributed by atoms with van der Waals surface area (Å²) in [7, 11) is 1.70. The minimum atomic E-state index is -0.498. The number of carbonyl (C=O) groups excluding carboxylic acids is 1. The van der Waals surface area contributed by atoms with E-state index < -0.39 is 6.03 Å². The van der Waals surface area contributed by atoms with Crippen LogP contribution in [0.3, 0.4) is 0 Å². The summed E-state index contributed by atoms with van der Waals surface area (Å²) in [5, 5.41) is 13.7. The normalized spacial score (nSPS) is 10.6. The van der Waals surface area contributed by atoms with Crippen LogP contribution in [0.4, 0.5) is 20.8 Å². The Kier molecular flexibility index (Phi) is 4.48. The molecule has 3 aromatic rings. The first-order valence-corrected chi connectivity index (χ1v) is 7.42. The van der Waals surface area contributed by atoms with Gasteiger partial charge in [-0.15, -0.1) is 0 Å². The van der Waals surface area contributed by atoms with Crippen molar-refractivity contribution in [2.24, 2.45) is 7.05 Å². The highest BCUT2D eigenvalue weighted by Crippen LogP contribution is 2.18. The topological polar surface area (TPSA) is 76.8 Å². The van der Waals surface area contributed by atoms with Crippen LogP contribution in [0.5, 0.6) is 0 Å². The van der Waals surface area contributed by atoms with Crippen molar-refractivity contribution >= 4 is 29.3 Å². The number of hydrogen-bond donors (Lipinski definition) is 2. The lowest BCUT2D eigenvalue weighted by Crippen LogP contribution is -2.20. The fourth-order valence-corrected chi connectivity index (χ4v) is 2.32. The molecular formula is C15H14ClFN6O. The van der Waals surface area contributed by atoms with Crippen molar-refractivity contribution in [3.05, 3.63) is 59.1 Å². The molecule has 0 saturated heterocycles. The number of aromatic nitrogens is 4. The van der Waals surface area contributed by atoms with E-state index >= 15 is 0 Å². The Labute approximate surface area is 142 Å². The van der Waals surface area contributed by atoms with Crippen LogP contribution in [0.1, 0.15) is 5.56 Å². The molecule has 0 aliphatic carbocycles. The first-order chi connectivity index (χ1) is 11.5. The molecule has 0 unspecified atom stereocenters. The summed E-state index contributed by atoms with van der Waals surface area (Å²) >= 11 is 5.93. The molecule has 0 fully saturated rings. The number of anilines is 2. The zero-order valence-electron chi connectivity index (χ0n) is 12.7. The third-order valence-electron chi connectivity index (χ3n) is 3.16. The highest BCUT2D eigenvalue weighted by molar-refractivity contribution is 6.33. The van der Waals surface area contributed by atoms with Crippen molar-refractivity contribution in [2.45, 2.75) is 6.54 Å². The second-order valence-electron chi connectivity index (χ2n) is 5.10. The summed E-state index contributed by atoms with van der Waals surface area (Å²) in [6, 6.07) is 7.30. The summed E-state index contributed by atoms with van der Waals surface area (Å²) in [4.78, 5) is 11.9. The molecule has 24 heavy (non-hydrogen) atoms. The predicted octanol–water partition coefficient (Wildman–Crippen LogP) is 3.10. The smallest absolute Gasteiger partial charge is 0.291 e. The van der Waals surface area contributed by atoms with Crippen molar-refractivity contribution in [1.82, 2.24) is 19.6 Å². The molecule has 1 aromatic carbocycles. The lowest BCUT2D eigenvalue weighted by atomic mass is 10.2. The number of benzene rings is 1. The van der Waals surface area contributed by atoms with Crippen molar-refractivity contribution < 1.29 is 9.18 Å². The number of rotatable bonds is 4. The molecule has 0 atom stereocenters. The van der Waals surface area contributed by atoms with Gasteiger partial charge >= 0.3 is 6.03 Å². The Balaban J connectivity index is 1.60. The molecule has 9 heteroatoms. The van der Waals surface area contributed by atoms with Crippen molar-refractivity contribution in [1.29, 1.82) is 0 Å². The molecule has 0 bridgehead atoms. The van der Waals surface area contributed by atoms with Crippen LogP contribution >= 0.6 is 11.6 Å². The number of halogens is 2. The molecule has 2 amide bonds. The number of nitrogens with zero attached hydrogens (tertiary/aromatic N) is 4. The van der Waals surface area contributed by atoms with E-state index in [-0.39, 0.29) is 11.6 Å². The van der Waals surface area contributed by atoms with Crippen molar-refractivity contribution in [3.8, 4) is 0 Å². The standard InChI is InChI=1S/C15H14ClFN6O/c1-22-9-12(16)14(21-22)19-15(24)18-13-6-7-23(20-13)8-10-2-4-11(17)5-3-10/h2-7,9H,8H2,1H3,(H2,18,19,20,21,24). The first-order valence-electron chi connectivity index (χ1n) is 7.04. The van der Waals surface area contributed by atoms with E-state index in [4.69, 9.17) is 11.6 Å². The molecule has 3 rings (SSSR count). The first kappa shape index (κ1) is 16.0. The molecule has 7 nitrogen and oxygen atoms in total. The molecule has 0 spiro atoms. The van der Waals surface area contributed by atoms with Gasteiger partial charge in [-0.2, -0.15) is 10.2 Å². The predicted molar refractivity (Wildman–Crippen MR) is 88.6 cm³/mol. The fourth-order valence-electron chi connectivity index (χ4n) is 2.09. The molecule has 0 radical (unpaired) electrons. The van der Waals surface area contributed by atoms with Crippen LogP contribution in [-0.2, 0) is 13.6 Å². The van der Waals surface area contributed by atoms with E-state index in [1.807, 2.05) is 0 Å². The maximum atomic E-state index is 12.9. The van der Waals surface area contributed by atoms with Crippen LogP contribution in [0.2, 0.25) is 5.02 Å². The van der Waals surface area contributed by atoms with Crippen LogP contribution < -0.4 is 10.6 Å². The second-order valence-corrected chi connectivity index (χ2v) is 5.51. The molecule has 0 aliphatic rings. The van der Waals surface area contributed by atoms with Gasteiger partial charge in [0.1, 0.15) is 10.8 Å².